The van der Waals surface area contributed by atoms with Gasteiger partial charge in [-0.1, -0.05) is 12.1 Å². The smallest absolute Gasteiger partial charge is 0.270 e. The normalized spacial score (nSPS) is 15.8. The van der Waals surface area contributed by atoms with Gasteiger partial charge in [-0.05, 0) is 53.3 Å². The van der Waals surface area contributed by atoms with Crippen molar-refractivity contribution in [1.82, 2.24) is 20.1 Å². The molecule has 1 saturated carbocycles. The van der Waals surface area contributed by atoms with Crippen molar-refractivity contribution in [2.45, 2.75) is 31.2 Å². The number of aromatic nitrogens is 3. The number of pyridine rings is 1. The first-order valence-electron chi connectivity index (χ1n) is 9.62. The van der Waals surface area contributed by atoms with Crippen LogP contribution >= 0.6 is 11.3 Å². The summed E-state index contributed by atoms with van der Waals surface area (Å²) in [6.07, 6.45) is 3.63. The zero-order valence-corrected chi connectivity index (χ0v) is 16.7. The number of fused-ring (bicyclic) bond motifs is 1. The molecule has 3 aromatic heterocycles. The number of nitrogens with zero attached hydrogens (tertiary/aromatic N) is 3. The van der Waals surface area contributed by atoms with E-state index in [-0.39, 0.29) is 18.5 Å². The van der Waals surface area contributed by atoms with E-state index in [1.54, 1.807) is 16.9 Å². The van der Waals surface area contributed by atoms with Crippen LogP contribution in [0, 0.1) is 0 Å². The lowest BCUT2D eigenvalue weighted by atomic mass is 9.88. The van der Waals surface area contributed by atoms with Crippen LogP contribution in [0.1, 0.15) is 34.5 Å². The lowest BCUT2D eigenvalue weighted by Gasteiger charge is -2.35. The van der Waals surface area contributed by atoms with Gasteiger partial charge < -0.3 is 5.32 Å². The highest BCUT2D eigenvalue weighted by Crippen LogP contribution is 2.37. The molecule has 8 heteroatoms. The first-order valence-corrected chi connectivity index (χ1v) is 10.5. The second-order valence-electron chi connectivity index (χ2n) is 7.53. The summed E-state index contributed by atoms with van der Waals surface area (Å²) in [5.41, 5.74) is 3.31. The Morgan fingerprint density at radius 1 is 1.23 bits per heavy atom. The number of alkyl halides is 2. The highest BCUT2D eigenvalue weighted by atomic mass is 32.1. The van der Waals surface area contributed by atoms with Gasteiger partial charge in [-0.3, -0.25) is 4.79 Å². The summed E-state index contributed by atoms with van der Waals surface area (Å²) < 4.78 is 27.9. The van der Waals surface area contributed by atoms with E-state index < -0.39 is 17.9 Å². The molecule has 0 saturated heterocycles. The molecular weight excluding hydrogens is 406 g/mol. The molecule has 1 fully saturated rings. The van der Waals surface area contributed by atoms with Gasteiger partial charge in [0, 0.05) is 36.7 Å². The molecule has 1 amide bonds. The zero-order chi connectivity index (χ0) is 20.7. The highest BCUT2D eigenvalue weighted by Gasteiger charge is 2.46. The van der Waals surface area contributed by atoms with Crippen molar-refractivity contribution in [2.75, 3.05) is 0 Å². The molecule has 5 nitrogen and oxygen atoms in total. The van der Waals surface area contributed by atoms with Crippen molar-refractivity contribution in [3.63, 3.8) is 0 Å². The summed E-state index contributed by atoms with van der Waals surface area (Å²) >= 11 is 1.46. The van der Waals surface area contributed by atoms with E-state index in [1.807, 2.05) is 48.0 Å². The average Bonchev–Trinajstić information content (AvgIpc) is 3.39. The number of halogens is 2. The molecule has 0 aliphatic heterocycles. The fourth-order valence-electron chi connectivity index (χ4n) is 3.71. The van der Waals surface area contributed by atoms with E-state index in [4.69, 9.17) is 0 Å². The molecule has 152 valence electrons. The SMILES string of the molecule is O=C(NC1CC(F)(F)C1)c1cc(Cc2ccc(-n3cccn3)cc2)c2ccsc2n1. The van der Waals surface area contributed by atoms with Crippen LogP contribution in [0.15, 0.2) is 60.2 Å². The van der Waals surface area contributed by atoms with E-state index >= 15 is 0 Å². The molecule has 0 atom stereocenters. The quantitative estimate of drug-likeness (QED) is 0.509. The molecular formula is C22H18F2N4OS. The predicted molar refractivity (Wildman–Crippen MR) is 111 cm³/mol. The fraction of sp³-hybridized carbons (Fsp3) is 0.227. The molecule has 0 bridgehead atoms. The predicted octanol–water partition coefficient (Wildman–Crippen LogP) is 4.60. The summed E-state index contributed by atoms with van der Waals surface area (Å²) in [7, 11) is 0. The van der Waals surface area contributed by atoms with Gasteiger partial charge in [-0.15, -0.1) is 11.3 Å². The van der Waals surface area contributed by atoms with Gasteiger partial charge in [-0.25, -0.2) is 18.4 Å². The number of rotatable bonds is 5. The van der Waals surface area contributed by atoms with Gasteiger partial charge in [0.1, 0.15) is 10.5 Å². The fourth-order valence-corrected chi connectivity index (χ4v) is 4.52. The van der Waals surface area contributed by atoms with Gasteiger partial charge in [0.2, 0.25) is 0 Å². The minimum Gasteiger partial charge on any atom is -0.348 e. The van der Waals surface area contributed by atoms with Crippen LogP contribution in [0.4, 0.5) is 8.78 Å². The van der Waals surface area contributed by atoms with E-state index in [1.165, 1.54) is 11.3 Å². The van der Waals surface area contributed by atoms with Crippen LogP contribution in [0.2, 0.25) is 0 Å². The molecule has 4 aromatic rings. The number of hydrogen-bond acceptors (Lipinski definition) is 4. The molecule has 1 aliphatic rings. The molecule has 1 aromatic carbocycles. The Bertz CT molecular complexity index is 1190. The van der Waals surface area contributed by atoms with Crippen LogP contribution in [0.5, 0.6) is 0 Å². The second kappa shape index (κ2) is 7.28. The van der Waals surface area contributed by atoms with Crippen molar-refractivity contribution in [3.8, 4) is 5.69 Å². The van der Waals surface area contributed by atoms with Crippen molar-refractivity contribution in [1.29, 1.82) is 0 Å². The lowest BCUT2D eigenvalue weighted by molar-refractivity contribution is -0.0901. The van der Waals surface area contributed by atoms with Gasteiger partial charge in [0.25, 0.3) is 11.8 Å². The second-order valence-corrected chi connectivity index (χ2v) is 8.43. The van der Waals surface area contributed by atoms with E-state index in [0.717, 1.165) is 27.0 Å². The number of thiophene rings is 1. The molecule has 0 radical (unpaired) electrons. The van der Waals surface area contributed by atoms with Crippen molar-refractivity contribution in [3.05, 3.63) is 77.1 Å². The lowest BCUT2D eigenvalue weighted by Crippen LogP contribution is -2.50. The Morgan fingerprint density at radius 2 is 2.03 bits per heavy atom. The Kier molecular flexibility index (Phi) is 4.58. The van der Waals surface area contributed by atoms with Gasteiger partial charge in [0.15, 0.2) is 0 Å². The molecule has 0 spiro atoms. The topological polar surface area (TPSA) is 59.8 Å². The molecule has 5 rings (SSSR count). The molecule has 1 N–H and O–H groups in total. The third-order valence-electron chi connectivity index (χ3n) is 5.28. The summed E-state index contributed by atoms with van der Waals surface area (Å²) in [6.45, 7) is 0. The number of carbonyl (C=O) groups excluding carboxylic acids is 1. The number of carbonyl (C=O) groups is 1. The molecule has 1 aliphatic carbocycles. The first kappa shape index (κ1) is 18.9. The average molecular weight is 424 g/mol. The highest BCUT2D eigenvalue weighted by molar-refractivity contribution is 7.16. The Labute approximate surface area is 175 Å². The van der Waals surface area contributed by atoms with Crippen LogP contribution in [0.3, 0.4) is 0 Å². The van der Waals surface area contributed by atoms with Gasteiger partial charge in [0.05, 0.1) is 5.69 Å². The van der Waals surface area contributed by atoms with Crippen molar-refractivity contribution < 1.29 is 13.6 Å². The number of amides is 1. The molecule has 30 heavy (non-hydrogen) atoms. The Morgan fingerprint density at radius 3 is 2.73 bits per heavy atom. The summed E-state index contributed by atoms with van der Waals surface area (Å²) in [5.74, 6) is -3.07. The number of benzene rings is 1. The molecule has 3 heterocycles. The van der Waals surface area contributed by atoms with Crippen LogP contribution in [0.25, 0.3) is 15.9 Å². The largest absolute Gasteiger partial charge is 0.348 e. The monoisotopic (exact) mass is 424 g/mol. The maximum atomic E-state index is 13.1. The first-order chi connectivity index (χ1) is 14.5. The Hall–Kier alpha value is -3.13. The van der Waals surface area contributed by atoms with Crippen LogP contribution < -0.4 is 5.32 Å². The van der Waals surface area contributed by atoms with Crippen molar-refractivity contribution >= 4 is 27.5 Å². The van der Waals surface area contributed by atoms with E-state index in [2.05, 4.69) is 15.4 Å². The van der Waals surface area contributed by atoms with Gasteiger partial charge >= 0.3 is 0 Å². The maximum Gasteiger partial charge on any atom is 0.270 e. The summed E-state index contributed by atoms with van der Waals surface area (Å²) in [4.78, 5) is 17.8. The number of nitrogens with one attached hydrogen (secondary N) is 1. The Balaban J connectivity index is 1.38. The standard InChI is InChI=1S/C22H18F2N4OS/c23-22(24)12-16(13-22)26-20(29)19-11-15(18-6-9-30-21(18)27-19)10-14-2-4-17(5-3-14)28-8-1-7-25-28/h1-9,11,16H,10,12-13H2,(H,26,29). The minimum atomic E-state index is -2.67. The van der Waals surface area contributed by atoms with Crippen molar-refractivity contribution in [2.24, 2.45) is 0 Å². The maximum absolute atomic E-state index is 13.1. The van der Waals surface area contributed by atoms with Gasteiger partial charge in [-0.2, -0.15) is 5.10 Å². The zero-order valence-electron chi connectivity index (χ0n) is 15.9. The third-order valence-corrected chi connectivity index (χ3v) is 6.09. The molecule has 0 unspecified atom stereocenters. The number of hydrogen-bond donors (Lipinski definition) is 1. The van der Waals surface area contributed by atoms with E-state index in [0.29, 0.717) is 6.42 Å². The van der Waals surface area contributed by atoms with Crippen LogP contribution in [-0.4, -0.2) is 32.6 Å². The summed E-state index contributed by atoms with van der Waals surface area (Å²) in [6, 6.07) is 13.2. The third kappa shape index (κ3) is 3.70. The summed E-state index contributed by atoms with van der Waals surface area (Å²) in [5, 5.41) is 9.84. The van der Waals surface area contributed by atoms with Crippen LogP contribution in [-0.2, 0) is 6.42 Å². The van der Waals surface area contributed by atoms with E-state index in [9.17, 15) is 13.6 Å². The minimum absolute atomic E-state index is 0.267.